The lowest BCUT2D eigenvalue weighted by molar-refractivity contribution is -0.146. The molecule has 1 aliphatic heterocycles. The van der Waals surface area contributed by atoms with Crippen molar-refractivity contribution in [2.45, 2.75) is 12.2 Å². The Kier molecular flexibility index (Phi) is 4.53. The van der Waals surface area contributed by atoms with Crippen molar-refractivity contribution in [3.63, 3.8) is 0 Å². The Labute approximate surface area is 123 Å². The summed E-state index contributed by atoms with van der Waals surface area (Å²) < 4.78 is 50.9. The highest BCUT2D eigenvalue weighted by atomic mass is 35.5. The Morgan fingerprint density at radius 1 is 1.43 bits per heavy atom. The van der Waals surface area contributed by atoms with E-state index in [1.165, 1.54) is 18.2 Å². The normalized spacial score (nSPS) is 20.3. The summed E-state index contributed by atoms with van der Waals surface area (Å²) in [5.41, 5.74) is 6.55. The van der Waals surface area contributed by atoms with E-state index in [2.05, 4.69) is 10.3 Å². The fourth-order valence-corrected chi connectivity index (χ4v) is 2.02. The number of benzene rings is 1. The molecule has 0 aliphatic carbocycles. The van der Waals surface area contributed by atoms with Crippen molar-refractivity contribution in [2.24, 2.45) is 10.7 Å². The first-order chi connectivity index (χ1) is 9.77. The predicted molar refractivity (Wildman–Crippen MR) is 73.7 cm³/mol. The number of hydrogen-bond donors (Lipinski definition) is 2. The van der Waals surface area contributed by atoms with Crippen molar-refractivity contribution < 1.29 is 17.6 Å². The van der Waals surface area contributed by atoms with Crippen LogP contribution in [0.5, 0.6) is 0 Å². The number of halogens is 5. The number of aliphatic imine (C=N–C) groups is 1. The zero-order valence-corrected chi connectivity index (χ0v) is 11.5. The highest BCUT2D eigenvalue weighted by molar-refractivity contribution is 6.30. The van der Waals surface area contributed by atoms with E-state index in [-0.39, 0.29) is 29.5 Å². The summed E-state index contributed by atoms with van der Waals surface area (Å²) in [5.74, 6) is -0.595. The minimum atomic E-state index is -4.40. The minimum absolute atomic E-state index is 0.110. The van der Waals surface area contributed by atoms with E-state index in [9.17, 15) is 17.6 Å². The number of hydrogen-bond acceptors (Lipinski definition) is 3. The third-order valence-electron chi connectivity index (χ3n) is 2.92. The Balaban J connectivity index is 2.25. The van der Waals surface area contributed by atoms with Gasteiger partial charge in [0.2, 0.25) is 0 Å². The van der Waals surface area contributed by atoms with Crippen molar-refractivity contribution in [3.05, 3.63) is 40.7 Å². The molecular weight excluding hydrogens is 310 g/mol. The van der Waals surface area contributed by atoms with Crippen molar-refractivity contribution in [2.75, 3.05) is 13.1 Å². The molecule has 0 amide bonds. The van der Waals surface area contributed by atoms with Crippen LogP contribution in [0, 0.1) is 5.82 Å². The lowest BCUT2D eigenvalue weighted by Gasteiger charge is -2.22. The van der Waals surface area contributed by atoms with Crippen LogP contribution < -0.4 is 11.1 Å². The second kappa shape index (κ2) is 6.03. The fraction of sp³-hybridized carbons (Fsp3) is 0.308. The van der Waals surface area contributed by atoms with Gasteiger partial charge in [-0.05, 0) is 29.8 Å². The zero-order valence-electron chi connectivity index (χ0n) is 10.7. The van der Waals surface area contributed by atoms with Gasteiger partial charge in [0.05, 0.1) is 10.7 Å². The van der Waals surface area contributed by atoms with Crippen LogP contribution in [0.4, 0.5) is 17.6 Å². The average Bonchev–Trinajstić information content (AvgIpc) is 2.41. The van der Waals surface area contributed by atoms with Gasteiger partial charge in [-0.1, -0.05) is 11.6 Å². The van der Waals surface area contributed by atoms with Gasteiger partial charge in [-0.15, -0.1) is 0 Å². The molecule has 21 heavy (non-hydrogen) atoms. The number of alkyl halides is 3. The summed E-state index contributed by atoms with van der Waals surface area (Å²) in [5, 5.41) is 2.52. The molecule has 1 aliphatic rings. The van der Waals surface area contributed by atoms with Gasteiger partial charge in [0.25, 0.3) is 0 Å². The molecule has 114 valence electrons. The van der Waals surface area contributed by atoms with Gasteiger partial charge in [0.1, 0.15) is 5.82 Å². The molecule has 0 aromatic heterocycles. The number of nitrogens with zero attached hydrogens (tertiary/aromatic N) is 1. The maximum atomic E-state index is 13.1. The lowest BCUT2D eigenvalue weighted by Crippen LogP contribution is -2.43. The van der Waals surface area contributed by atoms with Crippen molar-refractivity contribution in [3.8, 4) is 0 Å². The number of nitrogens with one attached hydrogen (secondary N) is 1. The maximum absolute atomic E-state index is 13.1. The molecule has 0 fully saturated rings. The standard InChI is InChI=1S/C13H12ClF4N3/c14-9-3-7(1-2-10(9)15)11(19)4-8-5-20-6-12(21-8)13(16,17)18/h1-4,12,20H,5-6,19H2. The monoisotopic (exact) mass is 321 g/mol. The molecule has 3 nitrogen and oxygen atoms in total. The van der Waals surface area contributed by atoms with E-state index in [0.29, 0.717) is 5.56 Å². The third kappa shape index (κ3) is 3.95. The first-order valence-corrected chi connectivity index (χ1v) is 6.42. The summed E-state index contributed by atoms with van der Waals surface area (Å²) in [7, 11) is 0. The Morgan fingerprint density at radius 3 is 2.76 bits per heavy atom. The van der Waals surface area contributed by atoms with Crippen molar-refractivity contribution in [1.82, 2.24) is 5.32 Å². The predicted octanol–water partition coefficient (Wildman–Crippen LogP) is 2.75. The molecule has 1 atom stereocenters. The smallest absolute Gasteiger partial charge is 0.398 e. The first-order valence-electron chi connectivity index (χ1n) is 6.04. The van der Waals surface area contributed by atoms with E-state index >= 15 is 0 Å². The van der Waals surface area contributed by atoms with E-state index in [4.69, 9.17) is 17.3 Å². The highest BCUT2D eigenvalue weighted by Crippen LogP contribution is 2.24. The molecule has 0 saturated heterocycles. The van der Waals surface area contributed by atoms with Gasteiger partial charge in [-0.3, -0.25) is 4.99 Å². The van der Waals surface area contributed by atoms with Crippen molar-refractivity contribution in [1.29, 1.82) is 0 Å². The lowest BCUT2D eigenvalue weighted by atomic mass is 10.1. The number of nitrogens with two attached hydrogens (primary N) is 1. The van der Waals surface area contributed by atoms with E-state index in [1.807, 2.05) is 0 Å². The Morgan fingerprint density at radius 2 is 2.14 bits per heavy atom. The molecule has 8 heteroatoms. The minimum Gasteiger partial charge on any atom is -0.398 e. The molecule has 2 rings (SSSR count). The molecular formula is C13H12ClF4N3. The third-order valence-corrected chi connectivity index (χ3v) is 3.21. The summed E-state index contributed by atoms with van der Waals surface area (Å²) in [6, 6.07) is 2.05. The van der Waals surface area contributed by atoms with Gasteiger partial charge in [0, 0.05) is 18.8 Å². The highest BCUT2D eigenvalue weighted by Gasteiger charge is 2.40. The maximum Gasteiger partial charge on any atom is 0.411 e. The number of rotatable bonds is 2. The van der Waals surface area contributed by atoms with Gasteiger partial charge < -0.3 is 11.1 Å². The van der Waals surface area contributed by atoms with Gasteiger partial charge >= 0.3 is 6.18 Å². The van der Waals surface area contributed by atoms with Gasteiger partial charge in [-0.2, -0.15) is 13.2 Å². The van der Waals surface area contributed by atoms with Crippen LogP contribution in [0.25, 0.3) is 5.70 Å². The summed E-state index contributed by atoms with van der Waals surface area (Å²) in [6.07, 6.45) is -3.07. The quantitative estimate of drug-likeness (QED) is 0.823. The van der Waals surface area contributed by atoms with Gasteiger partial charge in [0.15, 0.2) is 6.04 Å². The molecule has 1 aromatic rings. The first kappa shape index (κ1) is 15.8. The summed E-state index contributed by atoms with van der Waals surface area (Å²) in [4.78, 5) is 3.62. The van der Waals surface area contributed by atoms with Crippen molar-refractivity contribution >= 4 is 23.0 Å². The average molecular weight is 322 g/mol. The Bertz CT molecular complexity index is 596. The second-order valence-electron chi connectivity index (χ2n) is 4.54. The van der Waals surface area contributed by atoms with Crippen LogP contribution in [-0.4, -0.2) is 31.0 Å². The molecule has 0 radical (unpaired) electrons. The van der Waals surface area contributed by atoms with Crippen LogP contribution in [-0.2, 0) is 0 Å². The summed E-state index contributed by atoms with van der Waals surface area (Å²) in [6.45, 7) is -0.0780. The van der Waals surface area contributed by atoms with Gasteiger partial charge in [-0.25, -0.2) is 4.39 Å². The van der Waals surface area contributed by atoms with Crippen LogP contribution in [0.3, 0.4) is 0 Å². The van der Waals surface area contributed by atoms with Crippen LogP contribution in [0.1, 0.15) is 5.56 Å². The molecule has 0 saturated carbocycles. The molecule has 1 unspecified atom stereocenters. The SMILES string of the molecule is NC(=CC1=NC(C(F)(F)F)CNC1)c1ccc(F)c(Cl)c1. The zero-order chi connectivity index (χ0) is 15.6. The van der Waals surface area contributed by atoms with Crippen LogP contribution in [0.15, 0.2) is 29.3 Å². The van der Waals surface area contributed by atoms with E-state index in [1.54, 1.807) is 0 Å². The van der Waals surface area contributed by atoms with E-state index in [0.717, 1.165) is 6.07 Å². The second-order valence-corrected chi connectivity index (χ2v) is 4.94. The molecule has 1 aromatic carbocycles. The fourth-order valence-electron chi connectivity index (χ4n) is 1.84. The topological polar surface area (TPSA) is 50.4 Å². The molecule has 0 spiro atoms. The summed E-state index contributed by atoms with van der Waals surface area (Å²) >= 11 is 5.63. The van der Waals surface area contributed by atoms with Crippen LogP contribution >= 0.6 is 11.6 Å². The Hall–Kier alpha value is -1.60. The molecule has 0 bridgehead atoms. The molecule has 1 heterocycles. The van der Waals surface area contributed by atoms with Crippen LogP contribution in [0.2, 0.25) is 5.02 Å². The van der Waals surface area contributed by atoms with E-state index < -0.39 is 18.0 Å². The molecule has 3 N–H and O–H groups in total. The largest absolute Gasteiger partial charge is 0.411 e.